The first-order valence-electron chi connectivity index (χ1n) is 5.23. The van der Waals surface area contributed by atoms with E-state index in [0.29, 0.717) is 28.6 Å². The van der Waals surface area contributed by atoms with Crippen LogP contribution in [-0.2, 0) is 0 Å². The van der Waals surface area contributed by atoms with Gasteiger partial charge in [-0.25, -0.2) is 9.97 Å². The summed E-state index contributed by atoms with van der Waals surface area (Å²) < 4.78 is 10.5. The number of hydrogen-bond donors (Lipinski definition) is 0. The molecule has 0 aliphatic rings. The highest BCUT2D eigenvalue weighted by atomic mass is 16.3. The van der Waals surface area contributed by atoms with Crippen LogP contribution in [0.3, 0.4) is 0 Å². The number of nitrogens with zero attached hydrogens (tertiary/aromatic N) is 3. The molecule has 3 rings (SSSR count). The molecule has 0 atom stereocenters. The van der Waals surface area contributed by atoms with Gasteiger partial charge < -0.3 is 8.83 Å². The highest BCUT2D eigenvalue weighted by molar-refractivity contribution is 5.63. The highest BCUT2D eigenvalue weighted by Gasteiger charge is 2.13. The molecule has 0 saturated heterocycles. The molecule has 0 aliphatic heterocycles. The number of furan rings is 2. The van der Waals surface area contributed by atoms with Crippen LogP contribution in [0.1, 0.15) is 5.56 Å². The Hall–Kier alpha value is -2.87. The molecule has 0 spiro atoms. The van der Waals surface area contributed by atoms with E-state index < -0.39 is 0 Å². The van der Waals surface area contributed by atoms with E-state index >= 15 is 0 Å². The molecule has 0 aromatic carbocycles. The molecular formula is C13H7N3O2. The van der Waals surface area contributed by atoms with E-state index in [1.54, 1.807) is 30.5 Å². The molecule has 0 radical (unpaired) electrons. The summed E-state index contributed by atoms with van der Waals surface area (Å²) in [6.07, 6.45) is 4.54. The predicted octanol–water partition coefficient (Wildman–Crippen LogP) is 2.87. The first kappa shape index (κ1) is 10.3. The van der Waals surface area contributed by atoms with Crippen LogP contribution in [0.2, 0.25) is 0 Å². The van der Waals surface area contributed by atoms with E-state index in [2.05, 4.69) is 9.97 Å². The van der Waals surface area contributed by atoms with Gasteiger partial charge in [-0.05, 0) is 24.3 Å². The summed E-state index contributed by atoms with van der Waals surface area (Å²) in [7, 11) is 0. The second-order valence-electron chi connectivity index (χ2n) is 3.52. The van der Waals surface area contributed by atoms with E-state index in [0.717, 1.165) is 0 Å². The van der Waals surface area contributed by atoms with Crippen molar-refractivity contribution in [3.63, 3.8) is 0 Å². The maximum Gasteiger partial charge on any atom is 0.196 e. The van der Waals surface area contributed by atoms with E-state index in [1.165, 1.54) is 12.5 Å². The van der Waals surface area contributed by atoms with Gasteiger partial charge in [-0.2, -0.15) is 5.26 Å². The van der Waals surface area contributed by atoms with Crippen molar-refractivity contribution < 1.29 is 8.83 Å². The maximum atomic E-state index is 9.04. The minimum absolute atomic E-state index is 0.361. The molecule has 0 unspecified atom stereocenters. The smallest absolute Gasteiger partial charge is 0.196 e. The van der Waals surface area contributed by atoms with Crippen LogP contribution < -0.4 is 0 Å². The van der Waals surface area contributed by atoms with Gasteiger partial charge in [-0.1, -0.05) is 0 Å². The van der Waals surface area contributed by atoms with Gasteiger partial charge in [0.15, 0.2) is 17.3 Å². The quantitative estimate of drug-likeness (QED) is 0.684. The van der Waals surface area contributed by atoms with Crippen LogP contribution in [0.4, 0.5) is 0 Å². The third kappa shape index (κ3) is 1.66. The molecule has 0 fully saturated rings. The number of rotatable bonds is 2. The summed E-state index contributed by atoms with van der Waals surface area (Å²) in [6, 6.07) is 9.04. The molecule has 5 nitrogen and oxygen atoms in total. The minimum Gasteiger partial charge on any atom is -0.463 e. The van der Waals surface area contributed by atoms with Crippen molar-refractivity contribution in [2.24, 2.45) is 0 Å². The molecule has 3 aromatic rings. The summed E-state index contributed by atoms with van der Waals surface area (Å²) in [5.41, 5.74) is 0.823. The van der Waals surface area contributed by atoms with Crippen molar-refractivity contribution in [2.45, 2.75) is 0 Å². The molecule has 3 heterocycles. The molecule has 3 aromatic heterocycles. The summed E-state index contributed by atoms with van der Waals surface area (Å²) in [5.74, 6) is 1.50. The van der Waals surface area contributed by atoms with Crippen molar-refractivity contribution in [3.8, 4) is 29.1 Å². The molecule has 86 valence electrons. The van der Waals surface area contributed by atoms with Crippen LogP contribution in [-0.4, -0.2) is 9.97 Å². The monoisotopic (exact) mass is 237 g/mol. The third-order valence-corrected chi connectivity index (χ3v) is 2.41. The molecular weight excluding hydrogens is 230 g/mol. The number of nitriles is 1. The zero-order valence-corrected chi connectivity index (χ0v) is 9.20. The van der Waals surface area contributed by atoms with Crippen LogP contribution >= 0.6 is 0 Å². The molecule has 0 aliphatic carbocycles. The molecule has 18 heavy (non-hydrogen) atoms. The average Bonchev–Trinajstić information content (AvgIpc) is 3.11. The predicted molar refractivity (Wildman–Crippen MR) is 62.2 cm³/mol. The first-order chi connectivity index (χ1) is 8.88. The van der Waals surface area contributed by atoms with E-state index in [9.17, 15) is 0 Å². The van der Waals surface area contributed by atoms with Crippen LogP contribution in [0.5, 0.6) is 0 Å². The Labute approximate surface area is 102 Å². The van der Waals surface area contributed by atoms with Crippen molar-refractivity contribution in [1.82, 2.24) is 9.97 Å². The largest absolute Gasteiger partial charge is 0.463 e. The van der Waals surface area contributed by atoms with Gasteiger partial charge in [-0.15, -0.1) is 0 Å². The third-order valence-electron chi connectivity index (χ3n) is 2.41. The van der Waals surface area contributed by atoms with Crippen molar-refractivity contribution in [3.05, 3.63) is 48.6 Å². The second-order valence-corrected chi connectivity index (χ2v) is 3.52. The standard InChI is InChI=1S/C13H7N3O2/c14-7-9-8-15-13(11-4-2-6-18-11)16-12(9)10-3-1-5-17-10/h1-6,8H. The first-order valence-corrected chi connectivity index (χ1v) is 5.23. The highest BCUT2D eigenvalue weighted by Crippen LogP contribution is 2.24. The SMILES string of the molecule is N#Cc1cnc(-c2ccco2)nc1-c1ccco1. The Morgan fingerprint density at radius 1 is 1.06 bits per heavy atom. The summed E-state index contributed by atoms with van der Waals surface area (Å²) in [5, 5.41) is 9.04. The van der Waals surface area contributed by atoms with Crippen LogP contribution in [0.25, 0.3) is 23.0 Å². The Balaban J connectivity index is 2.17. The summed E-state index contributed by atoms with van der Waals surface area (Å²) in [4.78, 5) is 8.40. The minimum atomic E-state index is 0.361. The lowest BCUT2D eigenvalue weighted by Crippen LogP contribution is -1.94. The second kappa shape index (κ2) is 4.18. The van der Waals surface area contributed by atoms with Crippen molar-refractivity contribution >= 4 is 0 Å². The van der Waals surface area contributed by atoms with Crippen molar-refractivity contribution in [2.75, 3.05) is 0 Å². The van der Waals surface area contributed by atoms with E-state index in [1.807, 2.05) is 6.07 Å². The van der Waals surface area contributed by atoms with Gasteiger partial charge >= 0.3 is 0 Å². The molecule has 0 amide bonds. The van der Waals surface area contributed by atoms with E-state index in [4.69, 9.17) is 14.1 Å². The Kier molecular flexibility index (Phi) is 2.39. The van der Waals surface area contributed by atoms with Gasteiger partial charge in [0.25, 0.3) is 0 Å². The summed E-state index contributed by atoms with van der Waals surface area (Å²) >= 11 is 0. The average molecular weight is 237 g/mol. The molecule has 0 saturated carbocycles. The molecule has 0 N–H and O–H groups in total. The molecule has 0 bridgehead atoms. The number of aromatic nitrogens is 2. The Bertz CT molecular complexity index is 694. The van der Waals surface area contributed by atoms with Gasteiger partial charge in [-0.3, -0.25) is 0 Å². The van der Waals surface area contributed by atoms with Crippen LogP contribution in [0.15, 0.2) is 51.8 Å². The maximum absolute atomic E-state index is 9.04. The fourth-order valence-electron chi connectivity index (χ4n) is 1.59. The zero-order chi connectivity index (χ0) is 12.4. The van der Waals surface area contributed by atoms with Gasteiger partial charge in [0.1, 0.15) is 11.8 Å². The van der Waals surface area contributed by atoms with Crippen LogP contribution in [0, 0.1) is 11.3 Å². The van der Waals surface area contributed by atoms with Gasteiger partial charge in [0, 0.05) is 6.20 Å². The number of hydrogen-bond acceptors (Lipinski definition) is 5. The van der Waals surface area contributed by atoms with Gasteiger partial charge in [0.05, 0.1) is 18.1 Å². The lowest BCUT2D eigenvalue weighted by Gasteiger charge is -2.01. The Morgan fingerprint density at radius 2 is 1.78 bits per heavy atom. The fourth-order valence-corrected chi connectivity index (χ4v) is 1.59. The lowest BCUT2D eigenvalue weighted by atomic mass is 10.2. The molecule has 5 heteroatoms. The zero-order valence-electron chi connectivity index (χ0n) is 9.20. The fraction of sp³-hybridized carbons (Fsp3) is 0. The lowest BCUT2D eigenvalue weighted by molar-refractivity contribution is 0.573. The topological polar surface area (TPSA) is 75.8 Å². The van der Waals surface area contributed by atoms with Gasteiger partial charge in [0.2, 0.25) is 0 Å². The Morgan fingerprint density at radius 3 is 2.39 bits per heavy atom. The van der Waals surface area contributed by atoms with Crippen molar-refractivity contribution in [1.29, 1.82) is 5.26 Å². The summed E-state index contributed by atoms with van der Waals surface area (Å²) in [6.45, 7) is 0. The van der Waals surface area contributed by atoms with E-state index in [-0.39, 0.29) is 0 Å². The normalized spacial score (nSPS) is 10.2.